The number of thioether (sulfide) groups is 1. The number of halogens is 1. The predicted molar refractivity (Wildman–Crippen MR) is 82.0 cm³/mol. The number of amides is 2. The highest BCUT2D eigenvalue weighted by molar-refractivity contribution is 7.99. The van der Waals surface area contributed by atoms with Crippen LogP contribution in [0.15, 0.2) is 53.7 Å². The van der Waals surface area contributed by atoms with Crippen LogP contribution in [0.1, 0.15) is 10.4 Å². The Balaban J connectivity index is 1.76. The second-order valence-electron chi connectivity index (χ2n) is 3.97. The lowest BCUT2D eigenvalue weighted by atomic mass is 10.2. The summed E-state index contributed by atoms with van der Waals surface area (Å²) in [6.45, 7) is 0. The Morgan fingerprint density at radius 1 is 1.10 bits per heavy atom. The van der Waals surface area contributed by atoms with Crippen molar-refractivity contribution in [2.45, 2.75) is 5.03 Å². The van der Waals surface area contributed by atoms with Crippen molar-refractivity contribution < 1.29 is 9.59 Å². The third-order valence-electron chi connectivity index (χ3n) is 2.41. The van der Waals surface area contributed by atoms with Gasteiger partial charge >= 0.3 is 0 Å². The molecule has 0 radical (unpaired) electrons. The van der Waals surface area contributed by atoms with Crippen LogP contribution in [0.25, 0.3) is 0 Å². The Bertz CT molecular complexity index is 620. The molecule has 1 aromatic carbocycles. The third kappa shape index (κ3) is 5.09. The first-order valence-corrected chi connectivity index (χ1v) is 7.40. The first-order valence-electron chi connectivity index (χ1n) is 6.04. The fourth-order valence-electron chi connectivity index (χ4n) is 1.41. The molecule has 0 aliphatic heterocycles. The number of aromatic nitrogens is 1. The summed E-state index contributed by atoms with van der Waals surface area (Å²) >= 11 is 7.02. The van der Waals surface area contributed by atoms with E-state index in [0.717, 1.165) is 5.03 Å². The molecule has 0 fully saturated rings. The highest BCUT2D eigenvalue weighted by Gasteiger charge is 2.07. The second-order valence-corrected chi connectivity index (χ2v) is 5.40. The zero-order valence-corrected chi connectivity index (χ0v) is 12.4. The van der Waals surface area contributed by atoms with Gasteiger partial charge in [-0.05, 0) is 36.4 Å². The molecule has 2 amide bonds. The lowest BCUT2D eigenvalue weighted by molar-refractivity contribution is -0.119. The number of hydrazine groups is 1. The minimum Gasteiger partial charge on any atom is -0.272 e. The Hall–Kier alpha value is -2.05. The summed E-state index contributed by atoms with van der Waals surface area (Å²) in [5, 5.41) is 1.29. The number of carbonyl (C=O) groups excluding carboxylic acids is 2. The normalized spacial score (nSPS) is 9.95. The topological polar surface area (TPSA) is 71.1 Å². The maximum Gasteiger partial charge on any atom is 0.269 e. The summed E-state index contributed by atoms with van der Waals surface area (Å²) in [6, 6.07) is 11.8. The average Bonchev–Trinajstić information content (AvgIpc) is 2.52. The van der Waals surface area contributed by atoms with Crippen molar-refractivity contribution in [3.05, 3.63) is 59.2 Å². The molecule has 0 bridgehead atoms. The van der Waals surface area contributed by atoms with Crippen LogP contribution in [-0.2, 0) is 4.79 Å². The number of carbonyl (C=O) groups is 2. The predicted octanol–water partition coefficient (Wildman–Crippen LogP) is 2.29. The van der Waals surface area contributed by atoms with Gasteiger partial charge in [-0.3, -0.25) is 20.4 Å². The molecular weight excluding hydrogens is 310 g/mol. The molecule has 0 saturated carbocycles. The first-order chi connectivity index (χ1) is 10.1. The highest BCUT2D eigenvalue weighted by Crippen LogP contribution is 2.13. The van der Waals surface area contributed by atoms with Gasteiger partial charge in [0.05, 0.1) is 10.8 Å². The molecule has 21 heavy (non-hydrogen) atoms. The summed E-state index contributed by atoms with van der Waals surface area (Å²) in [5.41, 5.74) is 5.10. The Labute approximate surface area is 131 Å². The summed E-state index contributed by atoms with van der Waals surface area (Å²) in [4.78, 5) is 27.4. The molecule has 0 unspecified atom stereocenters. The Morgan fingerprint density at radius 2 is 1.86 bits per heavy atom. The number of benzene rings is 1. The van der Waals surface area contributed by atoms with Crippen molar-refractivity contribution in [3.8, 4) is 0 Å². The molecule has 2 aromatic rings. The molecule has 2 N–H and O–H groups in total. The molecule has 0 aliphatic rings. The largest absolute Gasteiger partial charge is 0.272 e. The van der Waals surface area contributed by atoms with Crippen molar-refractivity contribution in [2.75, 3.05) is 5.75 Å². The van der Waals surface area contributed by atoms with Crippen LogP contribution in [0.3, 0.4) is 0 Å². The van der Waals surface area contributed by atoms with Crippen molar-refractivity contribution in [1.29, 1.82) is 0 Å². The molecule has 2 rings (SSSR count). The molecular formula is C14H12ClN3O2S. The van der Waals surface area contributed by atoms with Crippen molar-refractivity contribution in [1.82, 2.24) is 15.8 Å². The van der Waals surface area contributed by atoms with Gasteiger partial charge in [-0.1, -0.05) is 29.4 Å². The van der Waals surface area contributed by atoms with E-state index in [1.54, 1.807) is 36.5 Å². The number of nitrogens with one attached hydrogen (secondary N) is 2. The van der Waals surface area contributed by atoms with Gasteiger partial charge < -0.3 is 0 Å². The van der Waals surface area contributed by atoms with Crippen LogP contribution in [-0.4, -0.2) is 22.6 Å². The molecule has 0 spiro atoms. The number of hydrogen-bond donors (Lipinski definition) is 2. The molecule has 7 heteroatoms. The van der Waals surface area contributed by atoms with Gasteiger partial charge in [0.2, 0.25) is 5.91 Å². The Kier molecular flexibility index (Phi) is 5.59. The maximum atomic E-state index is 11.7. The molecule has 0 aliphatic carbocycles. The fourth-order valence-corrected chi connectivity index (χ4v) is 2.20. The van der Waals surface area contributed by atoms with E-state index in [0.29, 0.717) is 10.6 Å². The molecule has 1 aromatic heterocycles. The van der Waals surface area contributed by atoms with Gasteiger partial charge in [-0.15, -0.1) is 0 Å². The van der Waals surface area contributed by atoms with Gasteiger partial charge in [0.1, 0.15) is 0 Å². The zero-order valence-electron chi connectivity index (χ0n) is 10.9. The molecule has 0 saturated heterocycles. The quantitative estimate of drug-likeness (QED) is 0.669. The smallest absolute Gasteiger partial charge is 0.269 e. The summed E-state index contributed by atoms with van der Waals surface area (Å²) < 4.78 is 0. The Morgan fingerprint density at radius 3 is 2.52 bits per heavy atom. The van der Waals surface area contributed by atoms with Crippen molar-refractivity contribution in [3.63, 3.8) is 0 Å². The van der Waals surface area contributed by atoms with Crippen LogP contribution < -0.4 is 10.9 Å². The molecule has 1 heterocycles. The minimum atomic E-state index is -0.400. The second kappa shape index (κ2) is 7.66. The van der Waals surface area contributed by atoms with E-state index in [4.69, 9.17) is 11.6 Å². The lowest BCUT2D eigenvalue weighted by Gasteiger charge is -2.07. The van der Waals surface area contributed by atoms with Crippen LogP contribution in [0.2, 0.25) is 5.02 Å². The molecule has 0 atom stereocenters. The average molecular weight is 322 g/mol. The maximum absolute atomic E-state index is 11.7. The summed E-state index contributed by atoms with van der Waals surface area (Å²) in [6.07, 6.45) is 1.66. The number of pyridine rings is 1. The fraction of sp³-hybridized carbons (Fsp3) is 0.0714. The van der Waals surface area contributed by atoms with Crippen molar-refractivity contribution >= 4 is 35.2 Å². The van der Waals surface area contributed by atoms with Gasteiger partial charge in [0.25, 0.3) is 5.91 Å². The summed E-state index contributed by atoms with van der Waals surface area (Å²) in [5.74, 6) is -0.548. The van der Waals surface area contributed by atoms with Crippen molar-refractivity contribution in [2.24, 2.45) is 0 Å². The number of rotatable bonds is 4. The third-order valence-corrected chi connectivity index (χ3v) is 3.61. The van der Waals surface area contributed by atoms with Crippen LogP contribution >= 0.6 is 23.4 Å². The van der Waals surface area contributed by atoms with E-state index in [2.05, 4.69) is 15.8 Å². The van der Waals surface area contributed by atoms with Gasteiger partial charge in [-0.2, -0.15) is 0 Å². The van der Waals surface area contributed by atoms with E-state index >= 15 is 0 Å². The SMILES string of the molecule is O=C(CSc1ccccn1)NNC(=O)c1ccc(Cl)cc1. The summed E-state index contributed by atoms with van der Waals surface area (Å²) in [7, 11) is 0. The van der Waals surface area contributed by atoms with E-state index < -0.39 is 5.91 Å². The standard InChI is InChI=1S/C14H12ClN3O2S/c15-11-6-4-10(5-7-11)14(20)18-17-12(19)9-21-13-3-1-2-8-16-13/h1-8H,9H2,(H,17,19)(H,18,20). The lowest BCUT2D eigenvalue weighted by Crippen LogP contribution is -2.42. The monoisotopic (exact) mass is 321 g/mol. The van der Waals surface area contributed by atoms with Crippen LogP contribution in [0.4, 0.5) is 0 Å². The van der Waals surface area contributed by atoms with Gasteiger partial charge in [0.15, 0.2) is 0 Å². The van der Waals surface area contributed by atoms with Crippen LogP contribution in [0, 0.1) is 0 Å². The van der Waals surface area contributed by atoms with E-state index in [9.17, 15) is 9.59 Å². The van der Waals surface area contributed by atoms with E-state index in [-0.39, 0.29) is 11.7 Å². The number of hydrogen-bond acceptors (Lipinski definition) is 4. The van der Waals surface area contributed by atoms with E-state index in [1.165, 1.54) is 11.8 Å². The zero-order chi connectivity index (χ0) is 15.1. The highest BCUT2D eigenvalue weighted by atomic mass is 35.5. The van der Waals surface area contributed by atoms with E-state index in [1.807, 2.05) is 12.1 Å². The van der Waals surface area contributed by atoms with Gasteiger partial charge in [0, 0.05) is 16.8 Å². The first kappa shape index (κ1) is 15.3. The minimum absolute atomic E-state index is 0.165. The van der Waals surface area contributed by atoms with Crippen LogP contribution in [0.5, 0.6) is 0 Å². The number of nitrogens with zero attached hydrogens (tertiary/aromatic N) is 1. The molecule has 5 nitrogen and oxygen atoms in total. The van der Waals surface area contributed by atoms with Gasteiger partial charge in [-0.25, -0.2) is 4.98 Å². The molecule has 108 valence electrons.